The van der Waals surface area contributed by atoms with Crippen molar-refractivity contribution in [2.24, 2.45) is 0 Å². The number of nitrogens with zero attached hydrogens (tertiary/aromatic N) is 2. The predicted molar refractivity (Wildman–Crippen MR) is 123 cm³/mol. The lowest BCUT2D eigenvalue weighted by atomic mass is 10.1. The number of hydrogen-bond donors (Lipinski definition) is 2. The summed E-state index contributed by atoms with van der Waals surface area (Å²) in [6.07, 6.45) is 0.0893. The second-order valence-corrected chi connectivity index (χ2v) is 9.59. The summed E-state index contributed by atoms with van der Waals surface area (Å²) < 4.78 is 26.8. The third kappa shape index (κ3) is 6.39. The van der Waals surface area contributed by atoms with Crippen LogP contribution in [0, 0.1) is 0 Å². The Kier molecular flexibility index (Phi) is 8.18. The molecule has 0 bridgehead atoms. The second kappa shape index (κ2) is 11.1. The Balaban J connectivity index is 1.42. The monoisotopic (exact) mass is 472 g/mol. The molecule has 0 aromatic heterocycles. The van der Waals surface area contributed by atoms with E-state index in [1.165, 1.54) is 4.31 Å². The average molecular weight is 473 g/mol. The van der Waals surface area contributed by atoms with Crippen molar-refractivity contribution >= 4 is 27.7 Å². The zero-order valence-corrected chi connectivity index (χ0v) is 19.3. The van der Waals surface area contributed by atoms with Crippen molar-refractivity contribution in [3.63, 3.8) is 0 Å². The van der Waals surface area contributed by atoms with Gasteiger partial charge in [-0.15, -0.1) is 0 Å². The lowest BCUT2D eigenvalue weighted by Crippen LogP contribution is -2.50. The van der Waals surface area contributed by atoms with Crippen LogP contribution >= 0.6 is 0 Å². The minimum atomic E-state index is -3.57. The molecule has 0 atom stereocenters. The maximum Gasteiger partial charge on any atom is 0.251 e. The zero-order chi connectivity index (χ0) is 23.8. The van der Waals surface area contributed by atoms with E-state index in [1.54, 1.807) is 66.5 Å². The Morgan fingerprint density at radius 1 is 0.909 bits per heavy atom. The SMILES string of the molecule is CNC(=O)c1cccc(CNC(=O)CCC(=O)N2CCN(S(=O)(=O)c3ccccc3)CC2)c1. The molecule has 9 nitrogen and oxygen atoms in total. The average Bonchev–Trinajstić information content (AvgIpc) is 2.86. The first kappa shape index (κ1) is 24.4. The standard InChI is InChI=1S/C23H28N4O5S/c1-24-23(30)19-7-5-6-18(16-19)17-25-21(28)10-11-22(29)26-12-14-27(15-13-26)33(31,32)20-8-3-2-4-9-20/h2-9,16H,10-15,17H2,1H3,(H,24,30)(H,25,28). The maximum atomic E-state index is 12.7. The number of carbonyl (C=O) groups excluding carboxylic acids is 3. The number of nitrogens with one attached hydrogen (secondary N) is 2. The van der Waals surface area contributed by atoms with Crippen LogP contribution in [0.25, 0.3) is 0 Å². The van der Waals surface area contributed by atoms with Gasteiger partial charge in [0.25, 0.3) is 5.91 Å². The summed E-state index contributed by atoms with van der Waals surface area (Å²) in [6, 6.07) is 15.2. The summed E-state index contributed by atoms with van der Waals surface area (Å²) >= 11 is 0. The van der Waals surface area contributed by atoms with Gasteiger partial charge in [0.2, 0.25) is 21.8 Å². The van der Waals surface area contributed by atoms with Crippen molar-refractivity contribution in [2.75, 3.05) is 33.2 Å². The van der Waals surface area contributed by atoms with Crippen LogP contribution in [-0.2, 0) is 26.2 Å². The fraction of sp³-hybridized carbons (Fsp3) is 0.348. The Morgan fingerprint density at radius 2 is 1.61 bits per heavy atom. The molecule has 33 heavy (non-hydrogen) atoms. The van der Waals surface area contributed by atoms with Crippen LogP contribution in [0.1, 0.15) is 28.8 Å². The van der Waals surface area contributed by atoms with Crippen molar-refractivity contribution in [2.45, 2.75) is 24.3 Å². The highest BCUT2D eigenvalue weighted by molar-refractivity contribution is 7.89. The van der Waals surface area contributed by atoms with Crippen molar-refractivity contribution in [1.82, 2.24) is 19.8 Å². The fourth-order valence-electron chi connectivity index (χ4n) is 3.55. The Bertz CT molecular complexity index is 1100. The number of piperazine rings is 1. The molecule has 10 heteroatoms. The zero-order valence-electron chi connectivity index (χ0n) is 18.5. The minimum absolute atomic E-state index is 0.0382. The molecule has 0 aliphatic carbocycles. The van der Waals surface area contributed by atoms with Gasteiger partial charge in [-0.1, -0.05) is 30.3 Å². The number of hydrogen-bond acceptors (Lipinski definition) is 5. The van der Waals surface area contributed by atoms with Gasteiger partial charge in [0.1, 0.15) is 0 Å². The van der Waals surface area contributed by atoms with Crippen LogP contribution in [0.5, 0.6) is 0 Å². The highest BCUT2D eigenvalue weighted by Crippen LogP contribution is 2.17. The summed E-state index contributed by atoms with van der Waals surface area (Å²) in [4.78, 5) is 38.2. The molecular weight excluding hydrogens is 444 g/mol. The minimum Gasteiger partial charge on any atom is -0.355 e. The molecule has 0 unspecified atom stereocenters. The van der Waals surface area contributed by atoms with Gasteiger partial charge in [0.05, 0.1) is 4.90 Å². The van der Waals surface area contributed by atoms with Crippen LogP contribution in [0.4, 0.5) is 0 Å². The number of benzene rings is 2. The first-order valence-electron chi connectivity index (χ1n) is 10.7. The van der Waals surface area contributed by atoms with Gasteiger partial charge in [-0.3, -0.25) is 14.4 Å². The van der Waals surface area contributed by atoms with E-state index in [0.717, 1.165) is 5.56 Å². The smallest absolute Gasteiger partial charge is 0.251 e. The van der Waals surface area contributed by atoms with E-state index < -0.39 is 10.0 Å². The van der Waals surface area contributed by atoms with Crippen LogP contribution < -0.4 is 10.6 Å². The van der Waals surface area contributed by atoms with E-state index in [2.05, 4.69) is 10.6 Å². The molecular formula is C23H28N4O5S. The fourth-order valence-corrected chi connectivity index (χ4v) is 5.00. The van der Waals surface area contributed by atoms with E-state index in [4.69, 9.17) is 0 Å². The summed E-state index contributed by atoms with van der Waals surface area (Å²) in [5, 5.41) is 5.31. The predicted octanol–water partition coefficient (Wildman–Crippen LogP) is 0.976. The lowest BCUT2D eigenvalue weighted by Gasteiger charge is -2.34. The third-order valence-electron chi connectivity index (χ3n) is 5.44. The molecule has 176 valence electrons. The van der Waals surface area contributed by atoms with E-state index in [0.29, 0.717) is 18.7 Å². The molecule has 3 amide bonds. The summed E-state index contributed by atoms with van der Waals surface area (Å²) in [6.45, 7) is 1.28. The molecule has 1 fully saturated rings. The second-order valence-electron chi connectivity index (χ2n) is 7.65. The number of rotatable bonds is 8. The van der Waals surface area contributed by atoms with E-state index in [-0.39, 0.29) is 55.1 Å². The van der Waals surface area contributed by atoms with E-state index in [1.807, 2.05) is 0 Å². The van der Waals surface area contributed by atoms with Gasteiger partial charge in [-0.25, -0.2) is 8.42 Å². The quantitative estimate of drug-likeness (QED) is 0.594. The summed E-state index contributed by atoms with van der Waals surface area (Å²) in [5.74, 6) is -0.645. The van der Waals surface area contributed by atoms with Crippen molar-refractivity contribution in [3.05, 3.63) is 65.7 Å². The Labute approximate surface area is 193 Å². The van der Waals surface area contributed by atoms with E-state index >= 15 is 0 Å². The van der Waals surface area contributed by atoms with Gasteiger partial charge in [0.15, 0.2) is 0 Å². The van der Waals surface area contributed by atoms with Gasteiger partial charge >= 0.3 is 0 Å². The highest BCUT2D eigenvalue weighted by Gasteiger charge is 2.29. The maximum absolute atomic E-state index is 12.7. The third-order valence-corrected chi connectivity index (χ3v) is 7.36. The summed E-state index contributed by atoms with van der Waals surface area (Å²) in [5.41, 5.74) is 1.29. The van der Waals surface area contributed by atoms with Crippen LogP contribution in [0.2, 0.25) is 0 Å². The molecule has 3 rings (SSSR count). The van der Waals surface area contributed by atoms with Gasteiger partial charge in [-0.05, 0) is 29.8 Å². The number of amides is 3. The first-order chi connectivity index (χ1) is 15.8. The van der Waals surface area contributed by atoms with Gasteiger partial charge in [0, 0.05) is 58.2 Å². The highest BCUT2D eigenvalue weighted by atomic mass is 32.2. The normalized spacial score (nSPS) is 14.5. The van der Waals surface area contributed by atoms with Gasteiger partial charge < -0.3 is 15.5 Å². The van der Waals surface area contributed by atoms with Crippen molar-refractivity contribution in [1.29, 1.82) is 0 Å². The molecule has 1 aliphatic rings. The Hall–Kier alpha value is -3.24. The number of carbonyl (C=O) groups is 3. The van der Waals surface area contributed by atoms with Gasteiger partial charge in [-0.2, -0.15) is 4.31 Å². The lowest BCUT2D eigenvalue weighted by molar-refractivity contribution is -0.134. The first-order valence-corrected chi connectivity index (χ1v) is 12.2. The van der Waals surface area contributed by atoms with Crippen LogP contribution in [-0.4, -0.2) is 68.6 Å². The molecule has 0 radical (unpaired) electrons. The molecule has 1 aliphatic heterocycles. The van der Waals surface area contributed by atoms with Crippen LogP contribution in [0.3, 0.4) is 0 Å². The van der Waals surface area contributed by atoms with Crippen LogP contribution in [0.15, 0.2) is 59.5 Å². The molecule has 1 heterocycles. The largest absolute Gasteiger partial charge is 0.355 e. The van der Waals surface area contributed by atoms with Crippen molar-refractivity contribution < 1.29 is 22.8 Å². The van der Waals surface area contributed by atoms with Crippen molar-refractivity contribution in [3.8, 4) is 0 Å². The molecule has 2 aromatic rings. The molecule has 2 aromatic carbocycles. The topological polar surface area (TPSA) is 116 Å². The molecule has 0 saturated carbocycles. The molecule has 1 saturated heterocycles. The molecule has 2 N–H and O–H groups in total. The number of sulfonamides is 1. The van der Waals surface area contributed by atoms with E-state index in [9.17, 15) is 22.8 Å². The molecule has 0 spiro atoms. The summed E-state index contributed by atoms with van der Waals surface area (Å²) in [7, 11) is -2.02. The Morgan fingerprint density at radius 3 is 2.27 bits per heavy atom.